The maximum atomic E-state index is 11.5. The van der Waals surface area contributed by atoms with Crippen LogP contribution in [-0.2, 0) is 19.6 Å². The van der Waals surface area contributed by atoms with E-state index in [9.17, 15) is 14.4 Å². The summed E-state index contributed by atoms with van der Waals surface area (Å²) in [4.78, 5) is 79.1. The monoisotopic (exact) mass is 834 g/mol. The molecule has 0 saturated carbocycles. The van der Waals surface area contributed by atoms with Gasteiger partial charge in [-0.2, -0.15) is 0 Å². The third-order valence-electron chi connectivity index (χ3n) is 9.54. The number of nitrogens with zero attached hydrogens (tertiary/aromatic N) is 9. The van der Waals surface area contributed by atoms with Crippen LogP contribution >= 0.6 is 11.6 Å². The number of fused-ring (bicyclic) bond motifs is 6. The van der Waals surface area contributed by atoms with E-state index in [1.165, 1.54) is 25.3 Å². The molecule has 22 heteroatoms. The summed E-state index contributed by atoms with van der Waals surface area (Å²) >= 11 is 5.68. The lowest BCUT2D eigenvalue weighted by Crippen LogP contribution is -2.12. The Balaban J connectivity index is 0.000000109. The number of halogens is 1. The van der Waals surface area contributed by atoms with Crippen LogP contribution in [-0.4, -0.2) is 77.5 Å². The number of carbonyl (C=O) groups is 3. The first-order valence-electron chi connectivity index (χ1n) is 18.4. The molecule has 3 aliphatic rings. The smallest absolute Gasteiger partial charge is 0.251 e. The predicted octanol–water partition coefficient (Wildman–Crippen LogP) is 4.20. The van der Waals surface area contributed by atoms with Gasteiger partial charge in [-0.15, -0.1) is 0 Å². The van der Waals surface area contributed by atoms with E-state index in [2.05, 4.69) is 86.4 Å². The lowest BCUT2D eigenvalue weighted by Gasteiger charge is -2.07. The molecular formula is C39H31ClN18O3. The Hall–Kier alpha value is -8.59. The first-order chi connectivity index (χ1) is 29.8. The highest BCUT2D eigenvalue weighted by Gasteiger charge is 2.21. The zero-order chi connectivity index (χ0) is 41.9. The van der Waals surface area contributed by atoms with Gasteiger partial charge in [-0.1, -0.05) is 11.6 Å². The fourth-order valence-electron chi connectivity index (χ4n) is 6.60. The van der Waals surface area contributed by atoms with Gasteiger partial charge in [-0.25, -0.2) is 44.9 Å². The molecule has 0 atom stereocenters. The van der Waals surface area contributed by atoms with E-state index in [-0.39, 0.29) is 17.7 Å². The van der Waals surface area contributed by atoms with Gasteiger partial charge in [0.25, 0.3) is 17.7 Å². The molecule has 0 spiro atoms. The van der Waals surface area contributed by atoms with E-state index in [4.69, 9.17) is 17.3 Å². The van der Waals surface area contributed by atoms with Gasteiger partial charge in [0.05, 0.1) is 19.0 Å². The molecule has 3 aromatic carbocycles. The molecule has 21 nitrogen and oxygen atoms in total. The number of imidazole rings is 3. The van der Waals surface area contributed by atoms with Gasteiger partial charge in [0, 0.05) is 53.4 Å². The molecule has 6 aromatic heterocycles. The number of anilines is 5. The topological polar surface area (TPSA) is 301 Å². The second kappa shape index (κ2) is 16.3. The largest absolute Gasteiger partial charge is 0.399 e. The van der Waals surface area contributed by atoms with Gasteiger partial charge in [-0.05, 0) is 71.3 Å². The first-order valence-corrected chi connectivity index (χ1v) is 18.8. The Labute approximate surface area is 347 Å². The number of aromatic amines is 3. The summed E-state index contributed by atoms with van der Waals surface area (Å²) in [5.74, 6) is 1.27. The highest BCUT2D eigenvalue weighted by molar-refractivity contribution is 6.33. The summed E-state index contributed by atoms with van der Waals surface area (Å²) in [7, 11) is 0. The third kappa shape index (κ3) is 7.98. The van der Waals surface area contributed by atoms with Crippen molar-refractivity contribution < 1.29 is 14.4 Å². The molecule has 12 rings (SSSR count). The van der Waals surface area contributed by atoms with Crippen LogP contribution in [0.25, 0.3) is 33.5 Å². The van der Waals surface area contributed by atoms with Crippen molar-refractivity contribution in [2.45, 2.75) is 19.6 Å². The van der Waals surface area contributed by atoms with Gasteiger partial charge in [0.15, 0.2) is 33.7 Å². The van der Waals surface area contributed by atoms with Crippen molar-refractivity contribution in [2.24, 2.45) is 0 Å². The van der Waals surface area contributed by atoms with Crippen molar-refractivity contribution in [2.75, 3.05) is 16.4 Å². The molecule has 9 aromatic rings. The maximum Gasteiger partial charge on any atom is 0.251 e. The van der Waals surface area contributed by atoms with Gasteiger partial charge in [0.2, 0.25) is 0 Å². The van der Waals surface area contributed by atoms with Crippen LogP contribution in [0.3, 0.4) is 0 Å². The predicted molar refractivity (Wildman–Crippen MR) is 224 cm³/mol. The Bertz CT molecular complexity index is 2990. The number of carbonyl (C=O) groups excluding carboxylic acids is 3. The molecule has 0 saturated heterocycles. The third-order valence-corrected chi connectivity index (χ3v) is 9.83. The number of nitrogen functional groups attached to an aromatic ring is 1. The zero-order valence-electron chi connectivity index (χ0n) is 31.5. The van der Waals surface area contributed by atoms with Crippen LogP contribution < -0.4 is 32.3 Å². The van der Waals surface area contributed by atoms with E-state index in [1.807, 2.05) is 42.5 Å². The maximum absolute atomic E-state index is 11.5. The van der Waals surface area contributed by atoms with E-state index in [1.54, 1.807) is 24.8 Å². The zero-order valence-corrected chi connectivity index (χ0v) is 32.2. The Kier molecular flexibility index (Phi) is 10.2. The molecule has 0 bridgehead atoms. The van der Waals surface area contributed by atoms with Crippen LogP contribution in [0.5, 0.6) is 0 Å². The van der Waals surface area contributed by atoms with Gasteiger partial charge in [-0.3, -0.25) is 14.4 Å². The number of benzene rings is 3. The molecule has 302 valence electrons. The highest BCUT2D eigenvalue weighted by Crippen LogP contribution is 2.26. The number of amides is 3. The first kappa shape index (κ1) is 38.0. The highest BCUT2D eigenvalue weighted by atomic mass is 35.5. The Morgan fingerprint density at radius 3 is 1.38 bits per heavy atom. The standard InChI is InChI=1S/2C13H10N6O.C8H8N2O.C5H3ClN4/c2*20-13-9-2-1-8(3-7(9)4-14-13)19-12-10-11(16-5-15-10)17-6-18-12;9-6-1-2-7-5(3-6)4-10-8(7)11;6-4-3-5(9-1-7-3)10-2-8-4/h2*1-3,5-6H,4H2,(H,14,20)(H2,15,16,17,18,19);1-3H,4,9H2,(H,10,11);1-2H,(H,7,8,9,10). The lowest BCUT2D eigenvalue weighted by molar-refractivity contribution is 0.0957. The molecule has 3 amide bonds. The quantitative estimate of drug-likeness (QED) is 0.0887. The molecule has 3 aliphatic heterocycles. The van der Waals surface area contributed by atoms with Gasteiger partial charge in [0.1, 0.15) is 35.5 Å². The van der Waals surface area contributed by atoms with Crippen LogP contribution in [0.2, 0.25) is 5.15 Å². The molecule has 9 heterocycles. The fourth-order valence-corrected chi connectivity index (χ4v) is 6.78. The number of nitrogens with one attached hydrogen (secondary N) is 8. The summed E-state index contributed by atoms with van der Waals surface area (Å²) in [5.41, 5.74) is 17.2. The SMILES string of the molecule is Clc1ncnc2nc[nH]c12.Nc1ccc2c(c1)CNC2=O.O=C1NCc2cc(Nc3ncnc4nc[nH]c34)ccc21.O=C1NCc2cc(Nc3ncnc4nc[nH]c34)ccc21. The summed E-state index contributed by atoms with van der Waals surface area (Å²) in [6, 6.07) is 16.5. The number of hydrogen-bond donors (Lipinski definition) is 9. The van der Waals surface area contributed by atoms with E-state index >= 15 is 0 Å². The second-order valence-electron chi connectivity index (χ2n) is 13.4. The molecule has 0 radical (unpaired) electrons. The van der Waals surface area contributed by atoms with Crippen molar-refractivity contribution >= 4 is 91.5 Å². The minimum atomic E-state index is -0.0236. The van der Waals surface area contributed by atoms with E-state index in [0.717, 1.165) is 55.8 Å². The van der Waals surface area contributed by atoms with Gasteiger partial charge < -0.3 is 47.3 Å². The normalized spacial score (nSPS) is 13.0. The van der Waals surface area contributed by atoms with Crippen molar-refractivity contribution in [3.63, 3.8) is 0 Å². The number of rotatable bonds is 4. The summed E-state index contributed by atoms with van der Waals surface area (Å²) in [6.45, 7) is 1.74. The van der Waals surface area contributed by atoms with Gasteiger partial charge >= 0.3 is 0 Å². The number of aromatic nitrogens is 12. The molecular weight excluding hydrogens is 804 g/mol. The average Bonchev–Trinajstić information content (AvgIpc) is 4.14. The summed E-state index contributed by atoms with van der Waals surface area (Å²) in [6.07, 6.45) is 9.00. The molecule has 0 aliphatic carbocycles. The minimum absolute atomic E-state index is 0.000000000000000222. The van der Waals surface area contributed by atoms with Crippen LogP contribution in [0, 0.1) is 0 Å². The average molecular weight is 835 g/mol. The Morgan fingerprint density at radius 1 is 0.492 bits per heavy atom. The molecule has 10 N–H and O–H groups in total. The number of H-pyrrole nitrogens is 3. The minimum Gasteiger partial charge on any atom is -0.399 e. The second-order valence-corrected chi connectivity index (χ2v) is 13.7. The van der Waals surface area contributed by atoms with Crippen molar-refractivity contribution in [1.29, 1.82) is 0 Å². The van der Waals surface area contributed by atoms with Crippen molar-refractivity contribution in [3.05, 3.63) is 131 Å². The van der Waals surface area contributed by atoms with E-state index < -0.39 is 0 Å². The summed E-state index contributed by atoms with van der Waals surface area (Å²) in [5, 5.41) is 15.1. The van der Waals surface area contributed by atoms with Crippen molar-refractivity contribution in [3.8, 4) is 0 Å². The molecule has 0 unspecified atom stereocenters. The summed E-state index contributed by atoms with van der Waals surface area (Å²) < 4.78 is 0. The molecule has 0 fully saturated rings. The van der Waals surface area contributed by atoms with Crippen LogP contribution in [0.4, 0.5) is 28.7 Å². The van der Waals surface area contributed by atoms with Crippen molar-refractivity contribution in [1.82, 2.24) is 75.8 Å². The fraction of sp³-hybridized carbons (Fsp3) is 0.0769. The van der Waals surface area contributed by atoms with E-state index in [0.29, 0.717) is 64.6 Å². The molecule has 61 heavy (non-hydrogen) atoms. The van der Waals surface area contributed by atoms with Crippen LogP contribution in [0.15, 0.2) is 92.6 Å². The van der Waals surface area contributed by atoms with Crippen LogP contribution in [0.1, 0.15) is 47.8 Å². The lowest BCUT2D eigenvalue weighted by atomic mass is 10.1. The number of hydrogen-bond acceptors (Lipinski definition) is 15. The Morgan fingerprint density at radius 2 is 0.902 bits per heavy atom. The number of nitrogens with two attached hydrogens (primary N) is 1.